The SMILES string of the molecule is CCOc1cc(/C=C/c2onc(C)c2[N+](=O)[O-])ccc1OCC(N)=O. The van der Waals surface area contributed by atoms with Crippen LogP contribution in [0.5, 0.6) is 11.5 Å². The normalized spacial score (nSPS) is 10.8. The molecule has 132 valence electrons. The van der Waals surface area contributed by atoms with Crippen molar-refractivity contribution in [3.05, 3.63) is 45.3 Å². The Labute approximate surface area is 143 Å². The van der Waals surface area contributed by atoms with Crippen molar-refractivity contribution in [1.82, 2.24) is 5.16 Å². The van der Waals surface area contributed by atoms with Crippen LogP contribution in [0.25, 0.3) is 12.2 Å². The zero-order valence-electron chi connectivity index (χ0n) is 13.7. The minimum atomic E-state index is -0.598. The number of ether oxygens (including phenoxy) is 2. The molecule has 0 fully saturated rings. The summed E-state index contributed by atoms with van der Waals surface area (Å²) in [5.74, 6) is 0.252. The van der Waals surface area contributed by atoms with E-state index in [1.807, 2.05) is 0 Å². The van der Waals surface area contributed by atoms with Gasteiger partial charge in [-0.05, 0) is 37.6 Å². The molecule has 9 nitrogen and oxygen atoms in total. The molecule has 0 aliphatic heterocycles. The van der Waals surface area contributed by atoms with E-state index in [9.17, 15) is 14.9 Å². The predicted octanol–water partition coefficient (Wildman–Crippen LogP) is 2.32. The van der Waals surface area contributed by atoms with Gasteiger partial charge in [-0.3, -0.25) is 14.9 Å². The number of nitrogens with two attached hydrogens (primary N) is 1. The molecule has 2 rings (SSSR count). The second kappa shape index (κ2) is 7.95. The van der Waals surface area contributed by atoms with Gasteiger partial charge in [-0.2, -0.15) is 0 Å². The van der Waals surface area contributed by atoms with E-state index in [2.05, 4.69) is 5.16 Å². The summed E-state index contributed by atoms with van der Waals surface area (Å²) in [7, 11) is 0. The van der Waals surface area contributed by atoms with Crippen LogP contribution in [0.4, 0.5) is 5.69 Å². The van der Waals surface area contributed by atoms with Crippen LogP contribution in [0.15, 0.2) is 22.7 Å². The van der Waals surface area contributed by atoms with Gasteiger partial charge in [0.05, 0.1) is 11.5 Å². The molecule has 0 radical (unpaired) electrons. The average Bonchev–Trinajstić information content (AvgIpc) is 2.93. The summed E-state index contributed by atoms with van der Waals surface area (Å²) < 4.78 is 15.7. The Morgan fingerprint density at radius 3 is 2.76 bits per heavy atom. The third-order valence-corrected chi connectivity index (χ3v) is 3.10. The van der Waals surface area contributed by atoms with Crippen LogP contribution in [-0.4, -0.2) is 29.2 Å². The molecule has 1 amide bonds. The lowest BCUT2D eigenvalue weighted by molar-refractivity contribution is -0.386. The highest BCUT2D eigenvalue weighted by atomic mass is 16.6. The van der Waals surface area contributed by atoms with Crippen LogP contribution in [0, 0.1) is 17.0 Å². The predicted molar refractivity (Wildman–Crippen MR) is 89.1 cm³/mol. The molecule has 2 aromatic rings. The number of benzene rings is 1. The van der Waals surface area contributed by atoms with Crippen molar-refractivity contribution < 1.29 is 23.7 Å². The number of rotatable bonds is 8. The quantitative estimate of drug-likeness (QED) is 0.572. The molecular formula is C16H17N3O6. The van der Waals surface area contributed by atoms with E-state index in [1.54, 1.807) is 31.2 Å². The standard InChI is InChI=1S/C16H17N3O6/c1-3-23-14-8-11(4-6-12(14)24-9-15(17)20)5-7-13-16(19(21)22)10(2)18-25-13/h4-8H,3,9H2,1-2H3,(H2,17,20)/b7-5+. The Balaban J connectivity index is 2.26. The fourth-order valence-corrected chi connectivity index (χ4v) is 2.05. The first-order valence-corrected chi connectivity index (χ1v) is 7.39. The lowest BCUT2D eigenvalue weighted by atomic mass is 10.1. The highest BCUT2D eigenvalue weighted by Gasteiger charge is 2.21. The molecule has 1 aromatic heterocycles. The fourth-order valence-electron chi connectivity index (χ4n) is 2.05. The largest absolute Gasteiger partial charge is 0.490 e. The van der Waals surface area contributed by atoms with Crippen LogP contribution in [0.3, 0.4) is 0 Å². The Bertz CT molecular complexity index is 812. The lowest BCUT2D eigenvalue weighted by Gasteiger charge is -2.11. The number of primary amides is 1. The number of carbonyl (C=O) groups excluding carboxylic acids is 1. The van der Waals surface area contributed by atoms with Gasteiger partial charge < -0.3 is 19.7 Å². The number of hydrogen-bond donors (Lipinski definition) is 1. The molecule has 0 saturated heterocycles. The van der Waals surface area contributed by atoms with Crippen molar-refractivity contribution in [1.29, 1.82) is 0 Å². The first-order chi connectivity index (χ1) is 11.9. The van der Waals surface area contributed by atoms with Crippen molar-refractivity contribution in [2.45, 2.75) is 13.8 Å². The summed E-state index contributed by atoms with van der Waals surface area (Å²) in [4.78, 5) is 21.3. The van der Waals surface area contributed by atoms with E-state index < -0.39 is 10.8 Å². The van der Waals surface area contributed by atoms with Gasteiger partial charge in [-0.1, -0.05) is 17.3 Å². The Morgan fingerprint density at radius 1 is 1.36 bits per heavy atom. The van der Waals surface area contributed by atoms with Gasteiger partial charge in [0, 0.05) is 0 Å². The minimum Gasteiger partial charge on any atom is -0.490 e. The molecule has 25 heavy (non-hydrogen) atoms. The molecule has 0 unspecified atom stereocenters. The maximum absolute atomic E-state index is 11.0. The van der Waals surface area contributed by atoms with Crippen molar-refractivity contribution in [2.24, 2.45) is 5.73 Å². The van der Waals surface area contributed by atoms with E-state index in [-0.39, 0.29) is 23.7 Å². The van der Waals surface area contributed by atoms with E-state index in [0.29, 0.717) is 23.7 Å². The number of aromatic nitrogens is 1. The molecular weight excluding hydrogens is 330 g/mol. The Kier molecular flexibility index (Phi) is 5.72. The summed E-state index contributed by atoms with van der Waals surface area (Å²) in [5.41, 5.74) is 5.78. The van der Waals surface area contributed by atoms with Crippen LogP contribution in [-0.2, 0) is 4.79 Å². The molecule has 2 N–H and O–H groups in total. The maximum Gasteiger partial charge on any atom is 0.338 e. The van der Waals surface area contributed by atoms with Gasteiger partial charge in [0.15, 0.2) is 23.8 Å². The summed E-state index contributed by atoms with van der Waals surface area (Å²) >= 11 is 0. The van der Waals surface area contributed by atoms with Crippen LogP contribution in [0.2, 0.25) is 0 Å². The zero-order valence-corrected chi connectivity index (χ0v) is 13.7. The van der Waals surface area contributed by atoms with Gasteiger partial charge in [-0.15, -0.1) is 0 Å². The summed E-state index contributed by atoms with van der Waals surface area (Å²) in [6, 6.07) is 4.99. The number of hydrogen-bond acceptors (Lipinski definition) is 7. The lowest BCUT2D eigenvalue weighted by Crippen LogP contribution is -2.20. The third kappa shape index (κ3) is 4.56. The number of amides is 1. The summed E-state index contributed by atoms with van der Waals surface area (Å²) in [5, 5.41) is 14.6. The van der Waals surface area contributed by atoms with Crippen LogP contribution in [0.1, 0.15) is 23.9 Å². The van der Waals surface area contributed by atoms with Crippen LogP contribution >= 0.6 is 0 Å². The maximum atomic E-state index is 11.0. The molecule has 0 bridgehead atoms. The van der Waals surface area contributed by atoms with Crippen molar-refractivity contribution >= 4 is 23.7 Å². The van der Waals surface area contributed by atoms with Gasteiger partial charge in [-0.25, -0.2) is 0 Å². The van der Waals surface area contributed by atoms with Gasteiger partial charge in [0.1, 0.15) is 0 Å². The van der Waals surface area contributed by atoms with E-state index in [4.69, 9.17) is 19.7 Å². The minimum absolute atomic E-state index is 0.0505. The molecule has 0 aliphatic carbocycles. The monoisotopic (exact) mass is 347 g/mol. The van der Waals surface area contributed by atoms with E-state index in [0.717, 1.165) is 0 Å². The smallest absolute Gasteiger partial charge is 0.338 e. The average molecular weight is 347 g/mol. The first-order valence-electron chi connectivity index (χ1n) is 7.39. The summed E-state index contributed by atoms with van der Waals surface area (Å²) in [6.45, 7) is 3.43. The van der Waals surface area contributed by atoms with Crippen LogP contribution < -0.4 is 15.2 Å². The molecule has 1 heterocycles. The molecule has 1 aromatic carbocycles. The first kappa shape index (κ1) is 18.0. The van der Waals surface area contributed by atoms with E-state index in [1.165, 1.54) is 13.0 Å². The number of nitrogens with zero attached hydrogens (tertiary/aromatic N) is 2. The fraction of sp³-hybridized carbons (Fsp3) is 0.250. The highest BCUT2D eigenvalue weighted by molar-refractivity contribution is 5.76. The summed E-state index contributed by atoms with van der Waals surface area (Å²) in [6.07, 6.45) is 3.07. The van der Waals surface area contributed by atoms with Crippen molar-refractivity contribution in [2.75, 3.05) is 13.2 Å². The Hall–Kier alpha value is -3.36. The second-order valence-corrected chi connectivity index (χ2v) is 4.97. The topological polar surface area (TPSA) is 131 Å². The van der Waals surface area contributed by atoms with E-state index >= 15 is 0 Å². The molecule has 0 atom stereocenters. The van der Waals surface area contributed by atoms with Gasteiger partial charge in [0.2, 0.25) is 5.76 Å². The van der Waals surface area contributed by atoms with Crippen molar-refractivity contribution in [3.8, 4) is 11.5 Å². The third-order valence-electron chi connectivity index (χ3n) is 3.10. The highest BCUT2D eigenvalue weighted by Crippen LogP contribution is 2.30. The number of nitro groups is 1. The van der Waals surface area contributed by atoms with Gasteiger partial charge in [0.25, 0.3) is 5.91 Å². The number of carbonyl (C=O) groups is 1. The molecule has 0 aliphatic rings. The molecule has 9 heteroatoms. The second-order valence-electron chi connectivity index (χ2n) is 4.97. The number of aryl methyl sites for hydroxylation is 1. The molecule has 0 saturated carbocycles. The molecule has 0 spiro atoms. The Morgan fingerprint density at radius 2 is 2.12 bits per heavy atom. The van der Waals surface area contributed by atoms with Gasteiger partial charge >= 0.3 is 5.69 Å². The van der Waals surface area contributed by atoms with Crippen molar-refractivity contribution in [3.63, 3.8) is 0 Å². The zero-order chi connectivity index (χ0) is 18.4.